The van der Waals surface area contributed by atoms with Crippen LogP contribution < -0.4 is 0 Å². The topological polar surface area (TPSA) is 90.3 Å². The molecular weight excluding hydrogens is 264 g/mol. The fourth-order valence-corrected chi connectivity index (χ4v) is 2.83. The lowest BCUT2D eigenvalue weighted by molar-refractivity contribution is -0.142. The van der Waals surface area contributed by atoms with Crippen LogP contribution in [0.15, 0.2) is 0 Å². The number of amides is 2. The summed E-state index contributed by atoms with van der Waals surface area (Å²) in [5, 5.41) is 18.2. The molecule has 2 heterocycles. The molecule has 2 fully saturated rings. The average Bonchev–Trinajstić information content (AvgIpc) is 2.95. The van der Waals surface area contributed by atoms with Crippen molar-refractivity contribution in [2.75, 3.05) is 40.0 Å². The minimum Gasteiger partial charge on any atom is -0.481 e. The minimum atomic E-state index is -0.925. The number of likely N-dealkylation sites (N-methyl/N-ethyl adjacent to an activating group) is 1. The molecule has 114 valence electrons. The van der Waals surface area contributed by atoms with Gasteiger partial charge < -0.3 is 24.7 Å². The zero-order valence-electron chi connectivity index (χ0n) is 11.7. The number of carbonyl (C=O) groups is 2. The van der Waals surface area contributed by atoms with Crippen molar-refractivity contribution in [1.82, 2.24) is 9.80 Å². The average molecular weight is 286 g/mol. The second kappa shape index (κ2) is 6.41. The monoisotopic (exact) mass is 286 g/mol. The molecule has 2 N–H and O–H groups in total. The lowest BCUT2D eigenvalue weighted by atomic mass is 9.98. The fourth-order valence-electron chi connectivity index (χ4n) is 2.83. The molecule has 0 bridgehead atoms. The van der Waals surface area contributed by atoms with Crippen LogP contribution in [0.5, 0.6) is 0 Å². The maximum Gasteiger partial charge on any atom is 0.320 e. The number of carbonyl (C=O) groups excluding carboxylic acids is 1. The summed E-state index contributed by atoms with van der Waals surface area (Å²) < 4.78 is 5.20. The lowest BCUT2D eigenvalue weighted by Crippen LogP contribution is -2.51. The van der Waals surface area contributed by atoms with Crippen LogP contribution in [0.4, 0.5) is 4.79 Å². The van der Waals surface area contributed by atoms with Crippen molar-refractivity contribution in [2.45, 2.75) is 18.9 Å². The van der Waals surface area contributed by atoms with Gasteiger partial charge in [-0.15, -0.1) is 0 Å². The van der Waals surface area contributed by atoms with Gasteiger partial charge in [0, 0.05) is 26.7 Å². The summed E-state index contributed by atoms with van der Waals surface area (Å²) in [7, 11) is 1.63. The van der Waals surface area contributed by atoms with Gasteiger partial charge in [-0.2, -0.15) is 0 Å². The Labute approximate surface area is 118 Å². The summed E-state index contributed by atoms with van der Waals surface area (Å²) in [5.74, 6) is -1.31. The van der Waals surface area contributed by atoms with Crippen LogP contribution in [0.25, 0.3) is 0 Å². The van der Waals surface area contributed by atoms with Gasteiger partial charge in [0.1, 0.15) is 5.92 Å². The normalized spacial score (nSPS) is 27.6. The van der Waals surface area contributed by atoms with Crippen molar-refractivity contribution in [2.24, 2.45) is 11.8 Å². The van der Waals surface area contributed by atoms with Crippen molar-refractivity contribution >= 4 is 12.0 Å². The first-order valence-corrected chi connectivity index (χ1v) is 6.97. The maximum atomic E-state index is 12.4. The van der Waals surface area contributed by atoms with E-state index in [9.17, 15) is 9.59 Å². The third-order valence-corrected chi connectivity index (χ3v) is 4.31. The van der Waals surface area contributed by atoms with Crippen LogP contribution in [0.2, 0.25) is 0 Å². The molecule has 2 aliphatic rings. The van der Waals surface area contributed by atoms with Crippen LogP contribution in [0, 0.1) is 11.8 Å². The number of likely N-dealkylation sites (tertiary alicyclic amines) is 1. The van der Waals surface area contributed by atoms with Gasteiger partial charge in [0.25, 0.3) is 0 Å². The van der Waals surface area contributed by atoms with Gasteiger partial charge in [-0.3, -0.25) is 4.79 Å². The number of aliphatic carboxylic acids is 1. The first-order valence-electron chi connectivity index (χ1n) is 6.97. The molecular formula is C13H22N2O5. The van der Waals surface area contributed by atoms with Crippen LogP contribution in [-0.2, 0) is 9.53 Å². The van der Waals surface area contributed by atoms with E-state index in [2.05, 4.69) is 0 Å². The predicted molar refractivity (Wildman–Crippen MR) is 70.3 cm³/mol. The molecule has 0 spiro atoms. The first-order chi connectivity index (χ1) is 9.54. The number of hydrogen-bond acceptors (Lipinski definition) is 4. The fraction of sp³-hybridized carbons (Fsp3) is 0.846. The lowest BCUT2D eigenvalue weighted by Gasteiger charge is -2.36. The number of rotatable bonds is 3. The van der Waals surface area contributed by atoms with Crippen molar-refractivity contribution in [1.29, 1.82) is 0 Å². The number of carboxylic acid groups (broad SMARTS) is 1. The number of aliphatic hydroxyl groups excluding tert-OH is 1. The zero-order chi connectivity index (χ0) is 14.7. The SMILES string of the molecule is CN(C(=O)N1CCC(CO)CC1)C1COCC1C(=O)O. The third-order valence-electron chi connectivity index (χ3n) is 4.31. The number of aliphatic hydroxyl groups is 1. The Balaban J connectivity index is 1.93. The molecule has 20 heavy (non-hydrogen) atoms. The standard InChI is InChI=1S/C13H22N2O5/c1-14(11-8-20-7-10(11)12(17)18)13(19)15-4-2-9(6-16)3-5-15/h9-11,16H,2-8H2,1H3,(H,17,18). The molecule has 2 unspecified atom stereocenters. The third kappa shape index (κ3) is 3.04. The Morgan fingerprint density at radius 1 is 1.30 bits per heavy atom. The number of urea groups is 1. The Morgan fingerprint density at radius 2 is 1.95 bits per heavy atom. The van der Waals surface area contributed by atoms with Gasteiger partial charge in [0.15, 0.2) is 0 Å². The van der Waals surface area contributed by atoms with Crippen LogP contribution in [-0.4, -0.2) is 78.0 Å². The highest BCUT2D eigenvalue weighted by Crippen LogP contribution is 2.22. The Bertz CT molecular complexity index is 368. The van der Waals surface area contributed by atoms with E-state index < -0.39 is 17.9 Å². The van der Waals surface area contributed by atoms with Crippen molar-refractivity contribution in [3.63, 3.8) is 0 Å². The molecule has 0 radical (unpaired) electrons. The quantitative estimate of drug-likeness (QED) is 0.752. The van der Waals surface area contributed by atoms with Gasteiger partial charge >= 0.3 is 12.0 Å². The van der Waals surface area contributed by atoms with Crippen LogP contribution in [0.1, 0.15) is 12.8 Å². The molecule has 2 saturated heterocycles. The van der Waals surface area contributed by atoms with Crippen molar-refractivity contribution in [3.05, 3.63) is 0 Å². The molecule has 7 heteroatoms. The molecule has 0 aromatic rings. The van der Waals surface area contributed by atoms with E-state index >= 15 is 0 Å². The predicted octanol–water partition coefficient (Wildman–Crippen LogP) is -0.158. The summed E-state index contributed by atoms with van der Waals surface area (Å²) in [6.45, 7) is 1.81. The van der Waals surface area contributed by atoms with Crippen LogP contribution >= 0.6 is 0 Å². The number of nitrogens with zero attached hydrogens (tertiary/aromatic N) is 2. The molecule has 2 rings (SSSR count). The van der Waals surface area contributed by atoms with E-state index in [1.165, 1.54) is 4.90 Å². The highest BCUT2D eigenvalue weighted by atomic mass is 16.5. The van der Waals surface area contributed by atoms with Gasteiger partial charge in [-0.1, -0.05) is 0 Å². The molecule has 0 aromatic heterocycles. The van der Waals surface area contributed by atoms with Crippen molar-refractivity contribution < 1.29 is 24.5 Å². The molecule has 0 aliphatic carbocycles. The molecule has 0 aromatic carbocycles. The Hall–Kier alpha value is -1.34. The maximum absolute atomic E-state index is 12.4. The largest absolute Gasteiger partial charge is 0.481 e. The number of carboxylic acids is 1. The van der Waals surface area contributed by atoms with Crippen molar-refractivity contribution in [3.8, 4) is 0 Å². The van der Waals surface area contributed by atoms with Gasteiger partial charge in [-0.25, -0.2) is 4.79 Å². The van der Waals surface area contributed by atoms with Gasteiger partial charge in [0.05, 0.1) is 19.3 Å². The molecule has 2 aliphatic heterocycles. The number of hydrogen-bond donors (Lipinski definition) is 2. The van der Waals surface area contributed by atoms with Gasteiger partial charge in [0.2, 0.25) is 0 Å². The first kappa shape index (κ1) is 15.1. The van der Waals surface area contributed by atoms with E-state index in [0.29, 0.717) is 13.1 Å². The Kier molecular flexibility index (Phi) is 4.82. The highest BCUT2D eigenvalue weighted by Gasteiger charge is 2.39. The van der Waals surface area contributed by atoms with E-state index in [-0.39, 0.29) is 31.8 Å². The number of ether oxygens (including phenoxy) is 1. The number of piperidine rings is 1. The summed E-state index contributed by atoms with van der Waals surface area (Å²) >= 11 is 0. The van der Waals surface area contributed by atoms with Gasteiger partial charge in [-0.05, 0) is 18.8 Å². The summed E-state index contributed by atoms with van der Waals surface area (Å²) in [4.78, 5) is 26.7. The molecule has 7 nitrogen and oxygen atoms in total. The second-order valence-corrected chi connectivity index (χ2v) is 5.56. The zero-order valence-corrected chi connectivity index (χ0v) is 11.7. The smallest absolute Gasteiger partial charge is 0.320 e. The minimum absolute atomic E-state index is 0.150. The summed E-state index contributed by atoms with van der Waals surface area (Å²) in [6, 6.07) is -0.557. The van der Waals surface area contributed by atoms with E-state index in [1.54, 1.807) is 11.9 Å². The van der Waals surface area contributed by atoms with E-state index in [4.69, 9.17) is 14.9 Å². The highest BCUT2D eigenvalue weighted by molar-refractivity contribution is 5.77. The molecule has 2 amide bonds. The summed E-state index contributed by atoms with van der Waals surface area (Å²) in [6.07, 6.45) is 1.58. The Morgan fingerprint density at radius 3 is 2.50 bits per heavy atom. The van der Waals surface area contributed by atoms with Crippen LogP contribution in [0.3, 0.4) is 0 Å². The summed E-state index contributed by atoms with van der Waals surface area (Å²) in [5.41, 5.74) is 0. The molecule has 0 saturated carbocycles. The molecule has 2 atom stereocenters. The second-order valence-electron chi connectivity index (χ2n) is 5.56. The van der Waals surface area contributed by atoms with E-state index in [0.717, 1.165) is 12.8 Å². The van der Waals surface area contributed by atoms with E-state index in [1.807, 2.05) is 0 Å².